The highest BCUT2D eigenvalue weighted by molar-refractivity contribution is 5.96. The molecule has 0 spiro atoms. The average molecular weight is 291 g/mol. The molecule has 0 aliphatic heterocycles. The number of pyridine rings is 1. The van der Waals surface area contributed by atoms with Gasteiger partial charge in [0.1, 0.15) is 11.4 Å². The van der Waals surface area contributed by atoms with Crippen LogP contribution in [0.3, 0.4) is 0 Å². The zero-order valence-corrected chi connectivity index (χ0v) is 13.3. The number of hydrogen-bond donors (Lipinski definition) is 2. The summed E-state index contributed by atoms with van der Waals surface area (Å²) in [5, 5.41) is 5.58. The Kier molecular flexibility index (Phi) is 6.85. The molecule has 1 aromatic rings. The number of rotatable bonds is 7. The van der Waals surface area contributed by atoms with E-state index in [1.807, 2.05) is 27.7 Å². The van der Waals surface area contributed by atoms with Gasteiger partial charge in [-0.1, -0.05) is 27.7 Å². The van der Waals surface area contributed by atoms with Crippen LogP contribution in [0.1, 0.15) is 73.0 Å². The third-order valence-corrected chi connectivity index (χ3v) is 3.05. The van der Waals surface area contributed by atoms with Gasteiger partial charge in [0.15, 0.2) is 0 Å². The molecule has 0 atom stereocenters. The van der Waals surface area contributed by atoms with Crippen LogP contribution in [0.25, 0.3) is 0 Å². The number of carbonyl (C=O) groups is 2. The molecule has 0 fully saturated rings. The van der Waals surface area contributed by atoms with Crippen LogP contribution in [0, 0.1) is 0 Å². The first-order valence-corrected chi connectivity index (χ1v) is 7.57. The van der Waals surface area contributed by atoms with Gasteiger partial charge in [-0.3, -0.25) is 9.59 Å². The molecule has 116 valence electrons. The van der Waals surface area contributed by atoms with Crippen molar-refractivity contribution in [3.8, 4) is 0 Å². The van der Waals surface area contributed by atoms with Crippen LogP contribution in [0.15, 0.2) is 12.1 Å². The lowest BCUT2D eigenvalue weighted by Gasteiger charge is -2.11. The van der Waals surface area contributed by atoms with E-state index >= 15 is 0 Å². The summed E-state index contributed by atoms with van der Waals surface area (Å²) >= 11 is 0. The Labute approximate surface area is 126 Å². The fourth-order valence-electron chi connectivity index (χ4n) is 1.78. The van der Waals surface area contributed by atoms with E-state index in [1.165, 1.54) is 0 Å². The molecule has 2 amide bonds. The van der Waals surface area contributed by atoms with Gasteiger partial charge in [0.25, 0.3) is 11.8 Å². The highest BCUT2D eigenvalue weighted by Crippen LogP contribution is 2.16. The molecular weight excluding hydrogens is 266 g/mol. The number of nitrogens with one attached hydrogen (secondary N) is 2. The molecule has 1 rings (SSSR count). The van der Waals surface area contributed by atoms with Crippen molar-refractivity contribution in [2.45, 2.75) is 46.5 Å². The van der Waals surface area contributed by atoms with Crippen molar-refractivity contribution >= 4 is 11.8 Å². The molecule has 5 nitrogen and oxygen atoms in total. The smallest absolute Gasteiger partial charge is 0.269 e. The summed E-state index contributed by atoms with van der Waals surface area (Å²) in [6.07, 6.45) is 1.72. The first-order valence-electron chi connectivity index (χ1n) is 7.57. The molecule has 5 heteroatoms. The second-order valence-electron chi connectivity index (χ2n) is 5.34. The Bertz CT molecular complexity index is 460. The molecule has 0 aliphatic rings. The first kappa shape index (κ1) is 17.1. The zero-order chi connectivity index (χ0) is 15.8. The van der Waals surface area contributed by atoms with Crippen LogP contribution in [0.4, 0.5) is 0 Å². The topological polar surface area (TPSA) is 71.1 Å². The molecule has 0 aromatic carbocycles. The SMILES string of the molecule is CCCNC(=O)c1cc(C(C)C)cc(C(=O)NCCC)n1. The molecule has 0 saturated carbocycles. The third kappa shape index (κ3) is 5.17. The zero-order valence-electron chi connectivity index (χ0n) is 13.3. The van der Waals surface area contributed by atoms with E-state index in [1.54, 1.807) is 12.1 Å². The molecule has 1 heterocycles. The lowest BCUT2D eigenvalue weighted by atomic mass is 10.0. The van der Waals surface area contributed by atoms with Crippen molar-refractivity contribution in [2.24, 2.45) is 0 Å². The normalized spacial score (nSPS) is 10.5. The van der Waals surface area contributed by atoms with E-state index in [2.05, 4.69) is 15.6 Å². The van der Waals surface area contributed by atoms with E-state index in [9.17, 15) is 9.59 Å². The first-order chi connectivity index (χ1) is 9.99. The second kappa shape index (κ2) is 8.39. The van der Waals surface area contributed by atoms with Gasteiger partial charge < -0.3 is 10.6 Å². The van der Waals surface area contributed by atoms with Crippen LogP contribution >= 0.6 is 0 Å². The average Bonchev–Trinajstić information content (AvgIpc) is 2.49. The number of nitrogens with zero attached hydrogens (tertiary/aromatic N) is 1. The summed E-state index contributed by atoms with van der Waals surface area (Å²) < 4.78 is 0. The number of amides is 2. The van der Waals surface area contributed by atoms with Crippen molar-refractivity contribution in [1.29, 1.82) is 0 Å². The van der Waals surface area contributed by atoms with Crippen molar-refractivity contribution in [2.75, 3.05) is 13.1 Å². The van der Waals surface area contributed by atoms with Crippen molar-refractivity contribution < 1.29 is 9.59 Å². The summed E-state index contributed by atoms with van der Waals surface area (Å²) in [7, 11) is 0. The quantitative estimate of drug-likeness (QED) is 0.810. The van der Waals surface area contributed by atoms with E-state index in [-0.39, 0.29) is 17.7 Å². The minimum Gasteiger partial charge on any atom is -0.351 e. The Morgan fingerprint density at radius 1 is 1.00 bits per heavy atom. The van der Waals surface area contributed by atoms with Gasteiger partial charge in [0, 0.05) is 13.1 Å². The minimum atomic E-state index is -0.233. The maximum atomic E-state index is 12.1. The molecule has 0 radical (unpaired) electrons. The van der Waals surface area contributed by atoms with Crippen molar-refractivity contribution in [3.05, 3.63) is 29.1 Å². The van der Waals surface area contributed by atoms with Gasteiger partial charge in [0.2, 0.25) is 0 Å². The van der Waals surface area contributed by atoms with Crippen LogP contribution in [0.5, 0.6) is 0 Å². The van der Waals surface area contributed by atoms with E-state index < -0.39 is 0 Å². The maximum absolute atomic E-state index is 12.1. The fourth-order valence-corrected chi connectivity index (χ4v) is 1.78. The molecule has 0 unspecified atom stereocenters. The number of carbonyl (C=O) groups excluding carboxylic acids is 2. The highest BCUT2D eigenvalue weighted by Gasteiger charge is 2.15. The van der Waals surface area contributed by atoms with Gasteiger partial charge in [-0.25, -0.2) is 4.98 Å². The van der Waals surface area contributed by atoms with E-state index in [0.29, 0.717) is 24.5 Å². The fraction of sp³-hybridized carbons (Fsp3) is 0.562. The monoisotopic (exact) mass is 291 g/mol. The maximum Gasteiger partial charge on any atom is 0.269 e. The van der Waals surface area contributed by atoms with Crippen molar-refractivity contribution in [1.82, 2.24) is 15.6 Å². The van der Waals surface area contributed by atoms with Gasteiger partial charge in [-0.2, -0.15) is 0 Å². The molecule has 0 aliphatic carbocycles. The number of hydrogen-bond acceptors (Lipinski definition) is 3. The lowest BCUT2D eigenvalue weighted by Crippen LogP contribution is -2.28. The molecule has 21 heavy (non-hydrogen) atoms. The summed E-state index contributed by atoms with van der Waals surface area (Å²) in [5.74, 6) is -0.240. The third-order valence-electron chi connectivity index (χ3n) is 3.05. The van der Waals surface area contributed by atoms with Gasteiger partial charge >= 0.3 is 0 Å². The number of aromatic nitrogens is 1. The second-order valence-corrected chi connectivity index (χ2v) is 5.34. The molecular formula is C16H25N3O2. The Morgan fingerprint density at radius 3 is 1.76 bits per heavy atom. The Hall–Kier alpha value is -1.91. The van der Waals surface area contributed by atoms with Gasteiger partial charge in [-0.05, 0) is 36.5 Å². The summed E-state index contributed by atoms with van der Waals surface area (Å²) in [6, 6.07) is 3.51. The molecule has 2 N–H and O–H groups in total. The van der Waals surface area contributed by atoms with Crippen LogP contribution < -0.4 is 10.6 Å². The van der Waals surface area contributed by atoms with Crippen LogP contribution in [-0.4, -0.2) is 29.9 Å². The summed E-state index contributed by atoms with van der Waals surface area (Å²) in [5.41, 5.74) is 1.54. The Morgan fingerprint density at radius 2 is 1.43 bits per heavy atom. The molecule has 1 aromatic heterocycles. The summed E-state index contributed by atoms with van der Waals surface area (Å²) in [6.45, 7) is 9.23. The van der Waals surface area contributed by atoms with Crippen LogP contribution in [0.2, 0.25) is 0 Å². The predicted molar refractivity (Wildman–Crippen MR) is 83.6 cm³/mol. The molecule has 0 saturated heterocycles. The Balaban J connectivity index is 3.05. The van der Waals surface area contributed by atoms with E-state index in [4.69, 9.17) is 0 Å². The standard InChI is InChI=1S/C16H25N3O2/c1-5-7-17-15(20)13-9-12(11(3)4)10-14(19-13)16(21)18-8-6-2/h9-11H,5-8H2,1-4H3,(H,17,20)(H,18,21). The van der Waals surface area contributed by atoms with Gasteiger partial charge in [-0.15, -0.1) is 0 Å². The minimum absolute atomic E-state index is 0.225. The summed E-state index contributed by atoms with van der Waals surface area (Å²) in [4.78, 5) is 28.3. The molecule has 0 bridgehead atoms. The lowest BCUT2D eigenvalue weighted by molar-refractivity contribution is 0.0944. The largest absolute Gasteiger partial charge is 0.351 e. The predicted octanol–water partition coefficient (Wildman–Crippen LogP) is 2.48. The van der Waals surface area contributed by atoms with Crippen LogP contribution in [-0.2, 0) is 0 Å². The van der Waals surface area contributed by atoms with Crippen molar-refractivity contribution in [3.63, 3.8) is 0 Å². The van der Waals surface area contributed by atoms with E-state index in [0.717, 1.165) is 18.4 Å². The van der Waals surface area contributed by atoms with Gasteiger partial charge in [0.05, 0.1) is 0 Å². The highest BCUT2D eigenvalue weighted by atomic mass is 16.2.